The van der Waals surface area contributed by atoms with Crippen LogP contribution in [0.25, 0.3) is 20.8 Å². The number of sulfonamides is 1. The minimum atomic E-state index is -3.62. The number of nitrogens with zero attached hydrogens (tertiary/aromatic N) is 2. The average Bonchev–Trinajstić information content (AvgIpc) is 3.49. The Kier molecular flexibility index (Phi) is 6.65. The second kappa shape index (κ2) is 9.94. The third-order valence-corrected chi connectivity index (χ3v) is 11.4. The summed E-state index contributed by atoms with van der Waals surface area (Å²) in [7, 11) is -3.62. The third-order valence-electron chi connectivity index (χ3n) is 7.30. The highest BCUT2D eigenvalue weighted by molar-refractivity contribution is 7.89. The number of fused-ring (bicyclic) bond motifs is 2. The molecule has 192 valence electrons. The van der Waals surface area contributed by atoms with Gasteiger partial charge >= 0.3 is 0 Å². The number of benzene rings is 2. The number of carbonyl (C=O) groups excluding carboxylic acids is 1. The van der Waals surface area contributed by atoms with Crippen molar-refractivity contribution in [1.82, 2.24) is 9.29 Å². The number of hydrogen-bond acceptors (Lipinski definition) is 6. The summed E-state index contributed by atoms with van der Waals surface area (Å²) in [6, 6.07) is 14.5. The summed E-state index contributed by atoms with van der Waals surface area (Å²) in [5.41, 5.74) is 3.62. The lowest BCUT2D eigenvalue weighted by Gasteiger charge is -2.26. The molecule has 1 aliphatic heterocycles. The van der Waals surface area contributed by atoms with Gasteiger partial charge in [-0.1, -0.05) is 31.5 Å². The van der Waals surface area contributed by atoms with Gasteiger partial charge in [0, 0.05) is 29.1 Å². The zero-order valence-corrected chi connectivity index (χ0v) is 23.1. The van der Waals surface area contributed by atoms with E-state index in [-0.39, 0.29) is 10.8 Å². The van der Waals surface area contributed by atoms with Gasteiger partial charge in [-0.2, -0.15) is 4.31 Å². The Morgan fingerprint density at radius 3 is 2.68 bits per heavy atom. The molecular formula is C28H29N3O3S3. The molecule has 0 bridgehead atoms. The molecule has 1 aliphatic carbocycles. The molecule has 6 nitrogen and oxygen atoms in total. The van der Waals surface area contributed by atoms with Gasteiger partial charge in [0.15, 0.2) is 0 Å². The van der Waals surface area contributed by atoms with E-state index in [1.165, 1.54) is 20.8 Å². The second-order valence-electron chi connectivity index (χ2n) is 9.99. The number of hydrogen-bond donors (Lipinski definition) is 1. The van der Waals surface area contributed by atoms with Crippen molar-refractivity contribution in [3.63, 3.8) is 0 Å². The first-order valence-electron chi connectivity index (χ1n) is 12.8. The third kappa shape index (κ3) is 4.74. The lowest BCUT2D eigenvalue weighted by atomic mass is 9.88. The maximum Gasteiger partial charge on any atom is 0.256 e. The monoisotopic (exact) mass is 551 g/mol. The number of amides is 1. The van der Waals surface area contributed by atoms with E-state index in [4.69, 9.17) is 4.98 Å². The lowest BCUT2D eigenvalue weighted by Crippen LogP contribution is -2.35. The van der Waals surface area contributed by atoms with Crippen LogP contribution in [0.15, 0.2) is 53.4 Å². The number of anilines is 1. The normalized spacial score (nSPS) is 18.6. The molecular weight excluding hydrogens is 523 g/mol. The maximum absolute atomic E-state index is 13.5. The molecule has 1 saturated heterocycles. The first-order valence-corrected chi connectivity index (χ1v) is 15.9. The van der Waals surface area contributed by atoms with Gasteiger partial charge in [0.05, 0.1) is 15.1 Å². The lowest BCUT2D eigenvalue weighted by molar-refractivity contribution is 0.102. The van der Waals surface area contributed by atoms with Gasteiger partial charge < -0.3 is 5.32 Å². The number of nitrogens with one attached hydrogen (secondary N) is 1. The second-order valence-corrected chi connectivity index (χ2v) is 14.1. The van der Waals surface area contributed by atoms with Crippen LogP contribution in [0, 0.1) is 5.92 Å². The Morgan fingerprint density at radius 1 is 1.05 bits per heavy atom. The topological polar surface area (TPSA) is 79.4 Å². The SMILES string of the molecule is CC1CCc2c(sc(NC(=O)c3cccc(S(=O)(=O)N4CCCCC4)c3)c2-c2nc3ccccc3s2)C1. The molecule has 1 fully saturated rings. The number of thiazole rings is 1. The molecule has 1 amide bonds. The predicted molar refractivity (Wildman–Crippen MR) is 151 cm³/mol. The Morgan fingerprint density at radius 2 is 1.86 bits per heavy atom. The maximum atomic E-state index is 13.5. The van der Waals surface area contributed by atoms with Crippen molar-refractivity contribution >= 4 is 53.8 Å². The van der Waals surface area contributed by atoms with Gasteiger partial charge in [0.1, 0.15) is 10.0 Å². The highest BCUT2D eigenvalue weighted by atomic mass is 32.2. The van der Waals surface area contributed by atoms with Gasteiger partial charge in [-0.3, -0.25) is 4.79 Å². The van der Waals surface area contributed by atoms with Crippen LogP contribution in [-0.4, -0.2) is 36.7 Å². The zero-order chi connectivity index (χ0) is 25.6. The van der Waals surface area contributed by atoms with E-state index < -0.39 is 10.0 Å². The van der Waals surface area contributed by atoms with Crippen molar-refractivity contribution in [3.05, 3.63) is 64.5 Å². The van der Waals surface area contributed by atoms with Gasteiger partial charge in [0.2, 0.25) is 10.0 Å². The van der Waals surface area contributed by atoms with Crippen molar-refractivity contribution in [2.75, 3.05) is 18.4 Å². The molecule has 1 unspecified atom stereocenters. The van der Waals surface area contributed by atoms with E-state index in [9.17, 15) is 13.2 Å². The first kappa shape index (κ1) is 24.7. The van der Waals surface area contributed by atoms with E-state index in [2.05, 4.69) is 18.3 Å². The molecule has 9 heteroatoms. The summed E-state index contributed by atoms with van der Waals surface area (Å²) in [4.78, 5) is 19.9. The molecule has 2 aromatic heterocycles. The van der Waals surface area contributed by atoms with Gasteiger partial charge in [-0.05, 0) is 73.9 Å². The van der Waals surface area contributed by atoms with Crippen molar-refractivity contribution in [2.45, 2.75) is 50.3 Å². The Hall–Kier alpha value is -2.59. The number of carbonyl (C=O) groups is 1. The molecule has 0 radical (unpaired) electrons. The molecule has 3 heterocycles. The average molecular weight is 552 g/mol. The van der Waals surface area contributed by atoms with Crippen LogP contribution >= 0.6 is 22.7 Å². The van der Waals surface area contributed by atoms with E-state index in [1.54, 1.807) is 40.9 Å². The number of rotatable bonds is 5. The minimum Gasteiger partial charge on any atom is -0.313 e. The summed E-state index contributed by atoms with van der Waals surface area (Å²) in [6.45, 7) is 3.33. The summed E-state index contributed by atoms with van der Waals surface area (Å²) in [5.74, 6) is 0.305. The smallest absolute Gasteiger partial charge is 0.256 e. The standard InChI is InChI=1S/C28H29N3O3S3/c1-18-12-13-21-24(16-18)36-28(25(21)27-29-22-10-3-4-11-23(22)35-27)30-26(32)19-8-7-9-20(17-19)37(33,34)31-14-5-2-6-15-31/h3-4,7-11,17-18H,2,5-6,12-16H2,1H3,(H,30,32). The fourth-order valence-electron chi connectivity index (χ4n) is 5.27. The molecule has 4 aromatic rings. The number of para-hydroxylation sites is 1. The van der Waals surface area contributed by atoms with E-state index in [0.717, 1.165) is 64.3 Å². The van der Waals surface area contributed by atoms with Crippen molar-refractivity contribution in [2.24, 2.45) is 5.92 Å². The fraction of sp³-hybridized carbons (Fsp3) is 0.357. The van der Waals surface area contributed by atoms with E-state index >= 15 is 0 Å². The van der Waals surface area contributed by atoms with Gasteiger partial charge in [-0.25, -0.2) is 13.4 Å². The summed E-state index contributed by atoms with van der Waals surface area (Å²) < 4.78 is 29.0. The molecule has 6 rings (SSSR count). The summed E-state index contributed by atoms with van der Waals surface area (Å²) in [5, 5.41) is 4.86. The van der Waals surface area contributed by atoms with Crippen molar-refractivity contribution in [1.29, 1.82) is 0 Å². The number of aromatic nitrogens is 1. The predicted octanol–water partition coefficient (Wildman–Crippen LogP) is 6.58. The molecule has 1 N–H and O–H groups in total. The number of thiophene rings is 1. The van der Waals surface area contributed by atoms with Gasteiger partial charge in [0.25, 0.3) is 5.91 Å². The molecule has 0 saturated carbocycles. The van der Waals surface area contributed by atoms with Crippen LogP contribution in [0.2, 0.25) is 0 Å². The quantitative estimate of drug-likeness (QED) is 0.304. The molecule has 2 aromatic carbocycles. The molecule has 1 atom stereocenters. The Labute approximate surface area is 225 Å². The Balaban J connectivity index is 1.35. The van der Waals surface area contributed by atoms with E-state index in [1.807, 2.05) is 18.2 Å². The van der Waals surface area contributed by atoms with Crippen molar-refractivity contribution < 1.29 is 13.2 Å². The van der Waals surface area contributed by atoms with Crippen LogP contribution in [0.3, 0.4) is 0 Å². The first-order chi connectivity index (χ1) is 17.9. The van der Waals surface area contributed by atoms with Crippen LogP contribution in [0.4, 0.5) is 5.00 Å². The zero-order valence-electron chi connectivity index (χ0n) is 20.7. The van der Waals surface area contributed by atoms with Crippen LogP contribution in [-0.2, 0) is 22.9 Å². The van der Waals surface area contributed by atoms with Crippen LogP contribution in [0.5, 0.6) is 0 Å². The van der Waals surface area contributed by atoms with E-state index in [0.29, 0.717) is 24.6 Å². The molecule has 37 heavy (non-hydrogen) atoms. The van der Waals surface area contributed by atoms with Gasteiger partial charge in [-0.15, -0.1) is 22.7 Å². The minimum absolute atomic E-state index is 0.174. The van der Waals surface area contributed by atoms with Crippen LogP contribution in [0.1, 0.15) is 53.4 Å². The molecule has 2 aliphatic rings. The highest BCUT2D eigenvalue weighted by Gasteiger charge is 2.29. The Bertz CT molecular complexity index is 1550. The van der Waals surface area contributed by atoms with Crippen LogP contribution < -0.4 is 5.32 Å². The highest BCUT2D eigenvalue weighted by Crippen LogP contribution is 2.47. The van der Waals surface area contributed by atoms with Crippen molar-refractivity contribution in [3.8, 4) is 10.6 Å². The number of piperidine rings is 1. The largest absolute Gasteiger partial charge is 0.313 e. The molecule has 0 spiro atoms. The summed E-state index contributed by atoms with van der Waals surface area (Å²) in [6.07, 6.45) is 5.88. The summed E-state index contributed by atoms with van der Waals surface area (Å²) >= 11 is 3.28. The fourth-order valence-corrected chi connectivity index (χ4v) is 9.35.